The van der Waals surface area contributed by atoms with E-state index in [2.05, 4.69) is 10.3 Å². The number of alkyl halides is 3. The number of hydrogen-bond donors (Lipinski definition) is 1. The number of amides is 2. The van der Waals surface area contributed by atoms with Crippen molar-refractivity contribution in [3.05, 3.63) is 95.7 Å². The molecule has 0 aliphatic heterocycles. The molecular formula is C28H24F3N3O2. The predicted octanol–water partition coefficient (Wildman–Crippen LogP) is 6.65. The number of halogens is 3. The van der Waals surface area contributed by atoms with Gasteiger partial charge in [0.2, 0.25) is 0 Å². The first-order chi connectivity index (χ1) is 17.2. The molecule has 0 bridgehead atoms. The van der Waals surface area contributed by atoms with Crippen molar-refractivity contribution < 1.29 is 22.8 Å². The van der Waals surface area contributed by atoms with Crippen LogP contribution in [0.25, 0.3) is 22.0 Å². The molecule has 4 aromatic rings. The van der Waals surface area contributed by atoms with Gasteiger partial charge < -0.3 is 10.2 Å². The van der Waals surface area contributed by atoms with Gasteiger partial charge in [-0.25, -0.2) is 0 Å². The van der Waals surface area contributed by atoms with E-state index in [9.17, 15) is 22.8 Å². The van der Waals surface area contributed by atoms with Gasteiger partial charge in [0.25, 0.3) is 11.8 Å². The normalized spacial score (nSPS) is 11.4. The van der Waals surface area contributed by atoms with Crippen molar-refractivity contribution in [3.8, 4) is 11.1 Å². The van der Waals surface area contributed by atoms with Gasteiger partial charge in [-0.2, -0.15) is 13.2 Å². The number of carbonyl (C=O) groups excluding carboxylic acids is 2. The number of nitrogens with one attached hydrogen (secondary N) is 1. The van der Waals surface area contributed by atoms with Crippen LogP contribution in [0.4, 0.5) is 18.9 Å². The molecule has 8 heteroatoms. The van der Waals surface area contributed by atoms with Crippen LogP contribution in [0.3, 0.4) is 0 Å². The Morgan fingerprint density at radius 3 is 2.28 bits per heavy atom. The maximum atomic E-state index is 13.1. The average Bonchev–Trinajstić information content (AvgIpc) is 2.88. The van der Waals surface area contributed by atoms with Gasteiger partial charge in [-0.05, 0) is 61.4 Å². The number of fused-ring (bicyclic) bond motifs is 1. The smallest absolute Gasteiger partial charge is 0.339 e. The molecule has 0 unspecified atom stereocenters. The second-order valence-electron chi connectivity index (χ2n) is 8.18. The first-order valence-corrected chi connectivity index (χ1v) is 11.5. The summed E-state index contributed by atoms with van der Waals surface area (Å²) in [5.74, 6) is -0.496. The van der Waals surface area contributed by atoms with Crippen LogP contribution < -0.4 is 5.32 Å². The quantitative estimate of drug-likeness (QED) is 0.328. The topological polar surface area (TPSA) is 62.3 Å². The summed E-state index contributed by atoms with van der Waals surface area (Å²) in [5.41, 5.74) is 2.20. The maximum absolute atomic E-state index is 13.1. The van der Waals surface area contributed by atoms with E-state index >= 15 is 0 Å². The summed E-state index contributed by atoms with van der Waals surface area (Å²) in [6.45, 7) is 5.04. The van der Waals surface area contributed by atoms with Crippen molar-refractivity contribution in [1.82, 2.24) is 9.88 Å². The van der Waals surface area contributed by atoms with Crippen LogP contribution in [-0.2, 0) is 6.18 Å². The van der Waals surface area contributed by atoms with Gasteiger partial charge in [-0.3, -0.25) is 14.6 Å². The van der Waals surface area contributed by atoms with E-state index in [1.165, 1.54) is 18.3 Å². The fraction of sp³-hybridized carbons (Fsp3) is 0.179. The van der Waals surface area contributed by atoms with Gasteiger partial charge in [0, 0.05) is 35.9 Å². The summed E-state index contributed by atoms with van der Waals surface area (Å²) in [6.07, 6.45) is -2.91. The van der Waals surface area contributed by atoms with Crippen LogP contribution in [0, 0.1) is 0 Å². The molecule has 0 saturated carbocycles. The third-order valence-corrected chi connectivity index (χ3v) is 5.93. The number of pyridine rings is 1. The van der Waals surface area contributed by atoms with E-state index in [0.29, 0.717) is 46.5 Å². The summed E-state index contributed by atoms with van der Waals surface area (Å²) < 4.78 is 38.8. The van der Waals surface area contributed by atoms with Crippen LogP contribution in [0.2, 0.25) is 0 Å². The van der Waals surface area contributed by atoms with Gasteiger partial charge in [-0.15, -0.1) is 0 Å². The van der Waals surface area contributed by atoms with Gasteiger partial charge >= 0.3 is 6.18 Å². The molecule has 1 heterocycles. The van der Waals surface area contributed by atoms with Crippen molar-refractivity contribution in [3.63, 3.8) is 0 Å². The Labute approximate surface area is 206 Å². The zero-order chi connectivity index (χ0) is 25.9. The third-order valence-electron chi connectivity index (χ3n) is 5.93. The zero-order valence-electron chi connectivity index (χ0n) is 19.8. The summed E-state index contributed by atoms with van der Waals surface area (Å²) in [5, 5.41) is 3.60. The highest BCUT2D eigenvalue weighted by molar-refractivity contribution is 6.09. The number of aromatic nitrogens is 1. The molecule has 184 valence electrons. The Hall–Kier alpha value is -4.20. The average molecular weight is 492 g/mol. The van der Waals surface area contributed by atoms with Crippen molar-refractivity contribution in [2.45, 2.75) is 20.0 Å². The van der Waals surface area contributed by atoms with Crippen molar-refractivity contribution in [2.24, 2.45) is 0 Å². The van der Waals surface area contributed by atoms with Gasteiger partial charge in [0.15, 0.2) is 0 Å². The highest BCUT2D eigenvalue weighted by Gasteiger charge is 2.30. The second kappa shape index (κ2) is 10.2. The number of hydrogen-bond acceptors (Lipinski definition) is 3. The lowest BCUT2D eigenvalue weighted by Crippen LogP contribution is -2.30. The van der Waals surface area contributed by atoms with Gasteiger partial charge in [0.1, 0.15) is 0 Å². The number of benzene rings is 3. The molecule has 2 amide bonds. The molecule has 0 aliphatic carbocycles. The van der Waals surface area contributed by atoms with Crippen molar-refractivity contribution in [2.75, 3.05) is 18.4 Å². The van der Waals surface area contributed by atoms with E-state index in [4.69, 9.17) is 0 Å². The number of anilines is 1. The SMILES string of the molecule is CCN(CC)C(=O)c1cnc2cc(NC(=O)c3ccccc3-c3ccc(C(F)(F)F)cc3)ccc2c1. The molecule has 1 N–H and O–H groups in total. The highest BCUT2D eigenvalue weighted by atomic mass is 19.4. The first-order valence-electron chi connectivity index (χ1n) is 11.5. The van der Waals surface area contributed by atoms with Crippen LogP contribution >= 0.6 is 0 Å². The minimum atomic E-state index is -4.43. The molecule has 1 aromatic heterocycles. The lowest BCUT2D eigenvalue weighted by atomic mass is 9.98. The summed E-state index contributed by atoms with van der Waals surface area (Å²) >= 11 is 0. The van der Waals surface area contributed by atoms with E-state index < -0.39 is 17.6 Å². The molecule has 0 atom stereocenters. The molecule has 5 nitrogen and oxygen atoms in total. The Morgan fingerprint density at radius 1 is 0.917 bits per heavy atom. The lowest BCUT2D eigenvalue weighted by Gasteiger charge is -2.18. The fourth-order valence-corrected chi connectivity index (χ4v) is 3.98. The Morgan fingerprint density at radius 2 is 1.61 bits per heavy atom. The van der Waals surface area contributed by atoms with Gasteiger partial charge in [-0.1, -0.05) is 36.4 Å². The summed E-state index contributed by atoms with van der Waals surface area (Å²) in [7, 11) is 0. The molecule has 3 aromatic carbocycles. The Kier molecular flexibility index (Phi) is 7.05. The Bertz CT molecular complexity index is 1410. The van der Waals surface area contributed by atoms with Crippen molar-refractivity contribution >= 4 is 28.4 Å². The van der Waals surface area contributed by atoms with E-state index in [-0.39, 0.29) is 5.91 Å². The number of nitrogens with zero attached hydrogens (tertiary/aromatic N) is 2. The van der Waals surface area contributed by atoms with Gasteiger partial charge in [0.05, 0.1) is 16.6 Å². The van der Waals surface area contributed by atoms with E-state index in [0.717, 1.165) is 17.5 Å². The minimum absolute atomic E-state index is 0.0911. The summed E-state index contributed by atoms with van der Waals surface area (Å²) in [6, 6.07) is 18.4. The molecule has 4 rings (SSSR count). The number of carbonyl (C=O) groups is 2. The Balaban J connectivity index is 1.57. The first kappa shape index (κ1) is 24.9. The van der Waals surface area contributed by atoms with Crippen LogP contribution in [0.15, 0.2) is 79.0 Å². The monoisotopic (exact) mass is 491 g/mol. The molecule has 0 spiro atoms. The van der Waals surface area contributed by atoms with Crippen molar-refractivity contribution in [1.29, 1.82) is 0 Å². The standard InChI is InChI=1S/C28H24F3N3O2/c1-3-34(4-2)27(36)20-15-19-11-14-22(16-25(19)32-17-20)33-26(35)24-8-6-5-7-23(24)18-9-12-21(13-10-18)28(29,30)31/h5-17H,3-4H2,1-2H3,(H,33,35). The van der Waals surface area contributed by atoms with Crippen LogP contribution in [-0.4, -0.2) is 34.8 Å². The third kappa shape index (κ3) is 5.22. The zero-order valence-corrected chi connectivity index (χ0v) is 19.8. The predicted molar refractivity (Wildman–Crippen MR) is 134 cm³/mol. The molecule has 0 radical (unpaired) electrons. The molecule has 0 fully saturated rings. The fourth-order valence-electron chi connectivity index (χ4n) is 3.98. The van der Waals surface area contributed by atoms with Crippen LogP contribution in [0.1, 0.15) is 40.1 Å². The van der Waals surface area contributed by atoms with E-state index in [1.54, 1.807) is 53.4 Å². The molecule has 36 heavy (non-hydrogen) atoms. The summed E-state index contributed by atoms with van der Waals surface area (Å²) in [4.78, 5) is 31.8. The highest BCUT2D eigenvalue weighted by Crippen LogP contribution is 2.32. The van der Waals surface area contributed by atoms with Crippen LogP contribution in [0.5, 0.6) is 0 Å². The van der Waals surface area contributed by atoms with E-state index in [1.807, 2.05) is 13.8 Å². The maximum Gasteiger partial charge on any atom is 0.416 e. The largest absolute Gasteiger partial charge is 0.416 e. The number of rotatable bonds is 6. The lowest BCUT2D eigenvalue weighted by molar-refractivity contribution is -0.137. The molecule has 0 aliphatic rings. The molecule has 0 saturated heterocycles. The second-order valence-corrected chi connectivity index (χ2v) is 8.18. The molecular weight excluding hydrogens is 467 g/mol. The minimum Gasteiger partial charge on any atom is -0.339 e.